The van der Waals surface area contributed by atoms with Gasteiger partial charge >= 0.3 is 0 Å². The minimum Gasteiger partial charge on any atom is -0.506 e. The van der Waals surface area contributed by atoms with Crippen LogP contribution >= 0.6 is 0 Å². The Hall–Kier alpha value is -1.42. The van der Waals surface area contributed by atoms with E-state index in [1.165, 1.54) is 6.07 Å². The highest BCUT2D eigenvalue weighted by Gasteiger charge is 1.98. The maximum Gasteiger partial charge on any atom is 0.138 e. The molecule has 0 fully saturated rings. The first-order valence-electron chi connectivity index (χ1n) is 3.67. The number of nitrogens with one attached hydrogen (secondary N) is 1. The van der Waals surface area contributed by atoms with E-state index in [-0.39, 0.29) is 12.4 Å². The van der Waals surface area contributed by atoms with Crippen LogP contribution in [0, 0.1) is 0 Å². The van der Waals surface area contributed by atoms with Crippen LogP contribution in [0.15, 0.2) is 18.2 Å². The van der Waals surface area contributed by atoms with Crippen molar-refractivity contribution < 1.29 is 10.2 Å². The molecule has 0 heterocycles. The summed E-state index contributed by atoms with van der Waals surface area (Å²) < 4.78 is 0. The molecule has 0 spiro atoms. The van der Waals surface area contributed by atoms with E-state index in [1.54, 1.807) is 12.1 Å². The van der Waals surface area contributed by atoms with E-state index in [9.17, 15) is 5.11 Å². The zero-order valence-corrected chi connectivity index (χ0v) is 6.62. The van der Waals surface area contributed by atoms with Gasteiger partial charge in [-0.3, -0.25) is 0 Å². The van der Waals surface area contributed by atoms with Gasteiger partial charge in [0, 0.05) is 12.2 Å². The number of rotatable bonds is 3. The van der Waals surface area contributed by atoms with Gasteiger partial charge in [0.1, 0.15) is 5.75 Å². The highest BCUT2D eigenvalue weighted by Crippen LogP contribution is 2.24. The molecule has 4 heteroatoms. The van der Waals surface area contributed by atoms with Crippen molar-refractivity contribution in [1.82, 2.24) is 0 Å². The van der Waals surface area contributed by atoms with E-state index in [1.807, 2.05) is 0 Å². The molecule has 0 aliphatic heterocycles. The number of anilines is 2. The van der Waals surface area contributed by atoms with Gasteiger partial charge in [-0.2, -0.15) is 0 Å². The number of aliphatic hydroxyl groups excluding tert-OH is 1. The number of hydrogen-bond acceptors (Lipinski definition) is 4. The Morgan fingerprint density at radius 3 is 2.83 bits per heavy atom. The van der Waals surface area contributed by atoms with Crippen LogP contribution in [-0.2, 0) is 0 Å². The third kappa shape index (κ3) is 2.03. The Balaban J connectivity index is 2.75. The average molecular weight is 168 g/mol. The molecule has 1 rings (SSSR count). The number of phenolic OH excluding ortho intramolecular Hbond substituents is 1. The molecule has 12 heavy (non-hydrogen) atoms. The maximum atomic E-state index is 9.26. The smallest absolute Gasteiger partial charge is 0.138 e. The topological polar surface area (TPSA) is 78.5 Å². The molecular formula is C8H12N2O2. The first-order valence-corrected chi connectivity index (χ1v) is 3.67. The molecule has 0 saturated heterocycles. The SMILES string of the molecule is Nc1ccc(O)c(NCCO)c1. The molecule has 4 nitrogen and oxygen atoms in total. The summed E-state index contributed by atoms with van der Waals surface area (Å²) in [5.74, 6) is 0.137. The summed E-state index contributed by atoms with van der Waals surface area (Å²) in [5, 5.41) is 20.6. The second-order valence-corrected chi connectivity index (χ2v) is 2.43. The number of aliphatic hydroxyl groups is 1. The lowest BCUT2D eigenvalue weighted by Crippen LogP contribution is -2.05. The van der Waals surface area contributed by atoms with E-state index in [4.69, 9.17) is 10.8 Å². The number of hydrogen-bond donors (Lipinski definition) is 4. The summed E-state index contributed by atoms with van der Waals surface area (Å²) in [5.41, 5.74) is 6.61. The van der Waals surface area contributed by atoms with Crippen molar-refractivity contribution in [3.63, 3.8) is 0 Å². The van der Waals surface area contributed by atoms with Crippen molar-refractivity contribution in [1.29, 1.82) is 0 Å². The van der Waals surface area contributed by atoms with Gasteiger partial charge < -0.3 is 21.3 Å². The molecule has 66 valence electrons. The van der Waals surface area contributed by atoms with Crippen LogP contribution < -0.4 is 11.1 Å². The third-order valence-corrected chi connectivity index (χ3v) is 1.45. The van der Waals surface area contributed by atoms with Gasteiger partial charge in [-0.25, -0.2) is 0 Å². The van der Waals surface area contributed by atoms with Crippen molar-refractivity contribution in [3.8, 4) is 5.75 Å². The van der Waals surface area contributed by atoms with Gasteiger partial charge in [0.15, 0.2) is 0 Å². The summed E-state index contributed by atoms with van der Waals surface area (Å²) in [6.45, 7) is 0.422. The lowest BCUT2D eigenvalue weighted by molar-refractivity contribution is 0.311. The fraction of sp³-hybridized carbons (Fsp3) is 0.250. The molecule has 0 aliphatic rings. The summed E-state index contributed by atoms with van der Waals surface area (Å²) in [7, 11) is 0. The third-order valence-electron chi connectivity index (χ3n) is 1.45. The Bertz CT molecular complexity index is 263. The van der Waals surface area contributed by atoms with Crippen molar-refractivity contribution in [2.24, 2.45) is 0 Å². The summed E-state index contributed by atoms with van der Waals surface area (Å²) in [6, 6.07) is 4.74. The standard InChI is InChI=1S/C8H12N2O2/c9-6-1-2-8(12)7(5-6)10-3-4-11/h1-2,5,10-12H,3-4,9H2. The second kappa shape index (κ2) is 3.82. The number of phenols is 1. The molecule has 0 aliphatic carbocycles. The minimum absolute atomic E-state index is 0.0221. The lowest BCUT2D eigenvalue weighted by atomic mass is 10.2. The van der Waals surface area contributed by atoms with Gasteiger partial charge in [0.05, 0.1) is 12.3 Å². The predicted octanol–water partition coefficient (Wildman–Crippen LogP) is 0.379. The fourth-order valence-corrected chi connectivity index (χ4v) is 0.886. The summed E-state index contributed by atoms with van der Waals surface area (Å²) in [6.07, 6.45) is 0. The quantitative estimate of drug-likeness (QED) is 0.299. The number of nitrogens with two attached hydrogens (primary N) is 1. The molecular weight excluding hydrogens is 156 g/mol. The van der Waals surface area contributed by atoms with Crippen LogP contribution in [0.3, 0.4) is 0 Å². The molecule has 1 aromatic carbocycles. The molecule has 0 unspecified atom stereocenters. The normalized spacial score (nSPS) is 9.75. The zero-order valence-electron chi connectivity index (χ0n) is 6.62. The first kappa shape index (κ1) is 8.67. The maximum absolute atomic E-state index is 9.26. The predicted molar refractivity (Wildman–Crippen MR) is 48.1 cm³/mol. The van der Waals surface area contributed by atoms with Gasteiger partial charge in [-0.1, -0.05) is 0 Å². The van der Waals surface area contributed by atoms with Crippen LogP contribution in [0.4, 0.5) is 11.4 Å². The summed E-state index contributed by atoms with van der Waals surface area (Å²) >= 11 is 0. The molecule has 0 atom stereocenters. The minimum atomic E-state index is 0.0221. The largest absolute Gasteiger partial charge is 0.506 e. The zero-order chi connectivity index (χ0) is 8.97. The molecule has 0 aromatic heterocycles. The van der Waals surface area contributed by atoms with E-state index in [0.29, 0.717) is 17.9 Å². The highest BCUT2D eigenvalue weighted by molar-refractivity contribution is 5.62. The van der Waals surface area contributed by atoms with Gasteiger partial charge in [-0.05, 0) is 18.2 Å². The Kier molecular flexibility index (Phi) is 2.76. The van der Waals surface area contributed by atoms with Crippen LogP contribution in [0.5, 0.6) is 5.75 Å². The average Bonchev–Trinajstić information content (AvgIpc) is 2.07. The molecule has 1 aromatic rings. The van der Waals surface area contributed by atoms with E-state index in [0.717, 1.165) is 0 Å². The van der Waals surface area contributed by atoms with Crippen molar-refractivity contribution in [2.75, 3.05) is 24.2 Å². The van der Waals surface area contributed by atoms with E-state index in [2.05, 4.69) is 5.32 Å². The molecule has 0 amide bonds. The second-order valence-electron chi connectivity index (χ2n) is 2.43. The van der Waals surface area contributed by atoms with E-state index < -0.39 is 0 Å². The van der Waals surface area contributed by atoms with Crippen molar-refractivity contribution >= 4 is 11.4 Å². The number of benzene rings is 1. The lowest BCUT2D eigenvalue weighted by Gasteiger charge is -2.06. The molecule has 5 N–H and O–H groups in total. The van der Waals surface area contributed by atoms with Crippen LogP contribution in [-0.4, -0.2) is 23.4 Å². The molecule has 0 saturated carbocycles. The highest BCUT2D eigenvalue weighted by atomic mass is 16.3. The van der Waals surface area contributed by atoms with Gasteiger partial charge in [0.25, 0.3) is 0 Å². The molecule has 0 bridgehead atoms. The van der Waals surface area contributed by atoms with Crippen LogP contribution in [0.2, 0.25) is 0 Å². The van der Waals surface area contributed by atoms with Crippen molar-refractivity contribution in [2.45, 2.75) is 0 Å². The number of nitrogen functional groups attached to an aromatic ring is 1. The van der Waals surface area contributed by atoms with Crippen LogP contribution in [0.1, 0.15) is 0 Å². The molecule has 0 radical (unpaired) electrons. The first-order chi connectivity index (χ1) is 5.74. The number of aromatic hydroxyl groups is 1. The van der Waals surface area contributed by atoms with E-state index >= 15 is 0 Å². The monoisotopic (exact) mass is 168 g/mol. The van der Waals surface area contributed by atoms with Gasteiger partial charge in [0.2, 0.25) is 0 Å². The Labute approximate surface area is 70.6 Å². The fourth-order valence-electron chi connectivity index (χ4n) is 0.886. The summed E-state index contributed by atoms with van der Waals surface area (Å²) in [4.78, 5) is 0. The Morgan fingerprint density at radius 2 is 2.17 bits per heavy atom. The van der Waals surface area contributed by atoms with Gasteiger partial charge in [-0.15, -0.1) is 0 Å². The Morgan fingerprint density at radius 1 is 1.42 bits per heavy atom. The van der Waals surface area contributed by atoms with Crippen LogP contribution in [0.25, 0.3) is 0 Å². The van der Waals surface area contributed by atoms with Crippen molar-refractivity contribution in [3.05, 3.63) is 18.2 Å².